The van der Waals surface area contributed by atoms with Crippen LogP contribution in [0.2, 0.25) is 0 Å². The molecular weight excluding hydrogens is 256 g/mol. The van der Waals surface area contributed by atoms with Gasteiger partial charge < -0.3 is 11.5 Å². The van der Waals surface area contributed by atoms with Gasteiger partial charge in [0.25, 0.3) is 0 Å². The van der Waals surface area contributed by atoms with Gasteiger partial charge in [0, 0.05) is 16.5 Å². The fourth-order valence-corrected chi connectivity index (χ4v) is 5.67. The molecule has 5 atom stereocenters. The second-order valence-electron chi connectivity index (χ2n) is 7.98. The van der Waals surface area contributed by atoms with E-state index in [0.29, 0.717) is 17.8 Å². The molecule has 0 aromatic rings. The molecule has 0 bridgehead atoms. The Bertz CT molecular complexity index is 332. The monoisotopic (exact) mass is 296 g/mol. The Morgan fingerprint density at radius 1 is 1.00 bits per heavy atom. The predicted molar refractivity (Wildman–Crippen MR) is 94.2 cm³/mol. The Morgan fingerprint density at radius 3 is 1.90 bits per heavy atom. The third-order valence-corrected chi connectivity index (χ3v) is 7.48. The van der Waals surface area contributed by atoms with Crippen molar-refractivity contribution in [2.24, 2.45) is 34.6 Å². The topological polar surface area (TPSA) is 52.0 Å². The Kier molecular flexibility index (Phi) is 5.94. The van der Waals surface area contributed by atoms with Crippen molar-refractivity contribution in [2.75, 3.05) is 0 Å². The summed E-state index contributed by atoms with van der Waals surface area (Å²) in [6, 6.07) is 0. The molecular formula is C19H40N2. The van der Waals surface area contributed by atoms with Crippen LogP contribution >= 0.6 is 0 Å². The van der Waals surface area contributed by atoms with E-state index in [4.69, 9.17) is 11.5 Å². The van der Waals surface area contributed by atoms with Crippen LogP contribution in [0.25, 0.3) is 0 Å². The lowest BCUT2D eigenvalue weighted by Gasteiger charge is -2.66. The molecule has 21 heavy (non-hydrogen) atoms. The first-order valence-corrected chi connectivity index (χ1v) is 9.26. The van der Waals surface area contributed by atoms with E-state index in [0.717, 1.165) is 25.7 Å². The Balaban J connectivity index is 3.49. The van der Waals surface area contributed by atoms with E-state index in [-0.39, 0.29) is 16.5 Å². The molecule has 0 heterocycles. The lowest BCUT2D eigenvalue weighted by molar-refractivity contribution is -0.104. The quantitative estimate of drug-likeness (QED) is 0.745. The van der Waals surface area contributed by atoms with Crippen LogP contribution in [0.4, 0.5) is 0 Å². The smallest absolute Gasteiger partial charge is 0.0285 e. The highest BCUT2D eigenvalue weighted by Crippen LogP contribution is 2.59. The summed E-state index contributed by atoms with van der Waals surface area (Å²) in [5, 5.41) is 0. The van der Waals surface area contributed by atoms with Gasteiger partial charge in [0.2, 0.25) is 0 Å². The van der Waals surface area contributed by atoms with Gasteiger partial charge in [0.15, 0.2) is 0 Å². The van der Waals surface area contributed by atoms with Gasteiger partial charge in [-0.25, -0.2) is 0 Å². The summed E-state index contributed by atoms with van der Waals surface area (Å²) in [6.45, 7) is 16.2. The summed E-state index contributed by atoms with van der Waals surface area (Å²) in [7, 11) is 0. The second kappa shape index (κ2) is 6.58. The average molecular weight is 297 g/mol. The van der Waals surface area contributed by atoms with E-state index in [1.165, 1.54) is 12.8 Å². The minimum atomic E-state index is -0.154. The molecule has 2 nitrogen and oxygen atoms in total. The largest absolute Gasteiger partial charge is 0.325 e. The molecule has 5 unspecified atom stereocenters. The van der Waals surface area contributed by atoms with E-state index < -0.39 is 0 Å². The molecule has 2 heteroatoms. The number of nitrogens with two attached hydrogens (primary N) is 2. The summed E-state index contributed by atoms with van der Waals surface area (Å²) in [6.07, 6.45) is 6.82. The van der Waals surface area contributed by atoms with E-state index in [9.17, 15) is 0 Å². The van der Waals surface area contributed by atoms with Crippen molar-refractivity contribution in [3.05, 3.63) is 0 Å². The van der Waals surface area contributed by atoms with E-state index in [2.05, 4.69) is 48.5 Å². The van der Waals surface area contributed by atoms with Crippen molar-refractivity contribution in [2.45, 2.75) is 98.1 Å². The van der Waals surface area contributed by atoms with Crippen molar-refractivity contribution in [1.82, 2.24) is 0 Å². The molecule has 1 aliphatic carbocycles. The number of rotatable bonds is 6. The number of hydrogen-bond acceptors (Lipinski definition) is 2. The molecule has 0 spiro atoms. The highest BCUT2D eigenvalue weighted by Gasteiger charge is 2.63. The maximum Gasteiger partial charge on any atom is 0.0285 e. The summed E-state index contributed by atoms with van der Waals surface area (Å²) in [5.41, 5.74) is 13.9. The number of hydrogen-bond donors (Lipinski definition) is 2. The van der Waals surface area contributed by atoms with Gasteiger partial charge in [-0.1, -0.05) is 54.4 Å². The molecule has 1 saturated carbocycles. The van der Waals surface area contributed by atoms with Gasteiger partial charge >= 0.3 is 0 Å². The molecule has 1 fully saturated rings. The Labute approximate surface area is 133 Å². The van der Waals surface area contributed by atoms with E-state index in [1.54, 1.807) is 0 Å². The predicted octanol–water partition coefficient (Wildman–Crippen LogP) is 4.71. The van der Waals surface area contributed by atoms with Crippen LogP contribution in [0.15, 0.2) is 0 Å². The lowest BCUT2D eigenvalue weighted by Crippen LogP contribution is -2.76. The molecule has 0 aromatic heterocycles. The zero-order valence-corrected chi connectivity index (χ0v) is 15.6. The van der Waals surface area contributed by atoms with E-state index >= 15 is 0 Å². The minimum Gasteiger partial charge on any atom is -0.325 e. The zero-order valence-electron chi connectivity index (χ0n) is 15.6. The third kappa shape index (κ3) is 2.57. The molecule has 0 aromatic carbocycles. The van der Waals surface area contributed by atoms with Crippen LogP contribution in [0.1, 0.15) is 87.0 Å². The van der Waals surface area contributed by atoms with E-state index in [1.807, 2.05) is 0 Å². The minimum absolute atomic E-state index is 0.0434. The summed E-state index contributed by atoms with van der Waals surface area (Å²) < 4.78 is 0. The zero-order chi connectivity index (χ0) is 16.5. The van der Waals surface area contributed by atoms with Gasteiger partial charge in [0.05, 0.1) is 0 Å². The Morgan fingerprint density at radius 2 is 1.52 bits per heavy atom. The summed E-state index contributed by atoms with van der Waals surface area (Å²) in [5.74, 6) is 1.78. The molecule has 1 aliphatic rings. The molecule has 0 radical (unpaired) electrons. The van der Waals surface area contributed by atoms with Gasteiger partial charge in [-0.3, -0.25) is 0 Å². The van der Waals surface area contributed by atoms with Crippen LogP contribution in [-0.4, -0.2) is 11.1 Å². The normalized spacial score (nSPS) is 39.0. The highest BCUT2D eigenvalue weighted by atomic mass is 14.9. The van der Waals surface area contributed by atoms with Crippen LogP contribution in [0.3, 0.4) is 0 Å². The first-order valence-electron chi connectivity index (χ1n) is 9.26. The van der Waals surface area contributed by atoms with Gasteiger partial charge in [-0.15, -0.1) is 0 Å². The molecule has 4 N–H and O–H groups in total. The third-order valence-electron chi connectivity index (χ3n) is 7.48. The fourth-order valence-electron chi connectivity index (χ4n) is 5.67. The lowest BCUT2D eigenvalue weighted by atomic mass is 9.43. The standard InChI is InChI=1S/C19H40N2/c1-8-14(5)16-12-13-17(7,20)18(10-3,11-4)19(16,21)15(6)9-2/h14-16H,8-13,20-21H2,1-7H3. The van der Waals surface area contributed by atoms with Gasteiger partial charge in [0.1, 0.15) is 0 Å². The average Bonchev–Trinajstić information content (AvgIpc) is 2.46. The van der Waals surface area contributed by atoms with Crippen molar-refractivity contribution in [3.63, 3.8) is 0 Å². The van der Waals surface area contributed by atoms with Crippen molar-refractivity contribution in [1.29, 1.82) is 0 Å². The van der Waals surface area contributed by atoms with Gasteiger partial charge in [-0.2, -0.15) is 0 Å². The van der Waals surface area contributed by atoms with Crippen LogP contribution in [0.5, 0.6) is 0 Å². The maximum atomic E-state index is 7.33. The highest BCUT2D eigenvalue weighted by molar-refractivity contribution is 5.19. The van der Waals surface area contributed by atoms with Crippen LogP contribution < -0.4 is 11.5 Å². The first-order chi connectivity index (χ1) is 9.68. The van der Waals surface area contributed by atoms with Crippen molar-refractivity contribution >= 4 is 0 Å². The maximum absolute atomic E-state index is 7.33. The van der Waals surface area contributed by atoms with Crippen molar-refractivity contribution < 1.29 is 0 Å². The Hall–Kier alpha value is -0.0800. The van der Waals surface area contributed by atoms with Gasteiger partial charge in [-0.05, 0) is 50.4 Å². The molecule has 0 aliphatic heterocycles. The summed E-state index contributed by atoms with van der Waals surface area (Å²) in [4.78, 5) is 0. The summed E-state index contributed by atoms with van der Waals surface area (Å²) >= 11 is 0. The SMILES string of the molecule is CCC(C)C1CCC(C)(N)C(CC)(CC)C1(N)C(C)CC. The van der Waals surface area contributed by atoms with Crippen molar-refractivity contribution in [3.8, 4) is 0 Å². The van der Waals surface area contributed by atoms with Crippen LogP contribution in [0, 0.1) is 23.2 Å². The second-order valence-corrected chi connectivity index (χ2v) is 7.98. The first kappa shape index (κ1) is 19.0. The fraction of sp³-hybridized carbons (Fsp3) is 1.00. The molecule has 0 saturated heterocycles. The molecule has 126 valence electrons. The van der Waals surface area contributed by atoms with Crippen LogP contribution in [-0.2, 0) is 0 Å². The molecule has 0 amide bonds. The molecule has 1 rings (SSSR count).